The number of halogens is 1. The lowest BCUT2D eigenvalue weighted by atomic mass is 10.00. The van der Waals surface area contributed by atoms with Gasteiger partial charge in [-0.2, -0.15) is 0 Å². The smallest absolute Gasteiger partial charge is 0.223 e. The van der Waals surface area contributed by atoms with E-state index in [2.05, 4.69) is 36.6 Å². The second-order valence-corrected chi connectivity index (χ2v) is 9.57. The molecule has 0 spiro atoms. The number of piperidine rings is 1. The maximum atomic E-state index is 12.0. The number of aromatic amines is 1. The molecular weight excluding hydrogens is 464 g/mol. The maximum Gasteiger partial charge on any atom is 0.223 e. The minimum atomic E-state index is -0.686. The van der Waals surface area contributed by atoms with Crippen molar-refractivity contribution in [1.82, 2.24) is 34.7 Å². The number of carbonyl (C=O) groups is 1. The number of amides is 1. The van der Waals surface area contributed by atoms with Gasteiger partial charge in [0.05, 0.1) is 16.9 Å². The third-order valence-corrected chi connectivity index (χ3v) is 7.00. The second kappa shape index (κ2) is 9.31. The Kier molecular flexibility index (Phi) is 6.21. The van der Waals surface area contributed by atoms with Crippen LogP contribution in [0.3, 0.4) is 0 Å². The number of aryl methyl sites for hydroxylation is 1. The molecule has 4 aromatic rings. The predicted molar refractivity (Wildman–Crippen MR) is 137 cm³/mol. The molecule has 1 unspecified atom stereocenters. The van der Waals surface area contributed by atoms with Crippen molar-refractivity contribution in [3.63, 3.8) is 0 Å². The van der Waals surface area contributed by atoms with Gasteiger partial charge in [-0.3, -0.25) is 9.69 Å². The third-order valence-electron chi connectivity index (χ3n) is 6.73. The number of hydrogen-bond donors (Lipinski definition) is 3. The van der Waals surface area contributed by atoms with Crippen molar-refractivity contribution in [3.05, 3.63) is 59.9 Å². The van der Waals surface area contributed by atoms with Gasteiger partial charge in [0.1, 0.15) is 11.5 Å². The van der Waals surface area contributed by atoms with Crippen molar-refractivity contribution in [2.45, 2.75) is 38.4 Å². The number of aromatic nitrogens is 5. The standard InChI is InChI=1S/C25H29ClN8O/c1-16(35)32-25(2,23-27-10-13-33(23)3)34-11-8-17(9-12-34)30-24-29-15-20(26)22(31-24)19-14-28-21-7-5-4-6-18(19)21/h4-7,10,13-15,17,28H,8-9,11-12H2,1-3H3,(H,32,35)(H,29,30,31). The first kappa shape index (κ1) is 23.3. The highest BCUT2D eigenvalue weighted by Gasteiger charge is 2.40. The first-order chi connectivity index (χ1) is 16.8. The van der Waals surface area contributed by atoms with Crippen LogP contribution in [0.2, 0.25) is 5.02 Å². The summed E-state index contributed by atoms with van der Waals surface area (Å²) >= 11 is 6.49. The van der Waals surface area contributed by atoms with Gasteiger partial charge < -0.3 is 20.2 Å². The van der Waals surface area contributed by atoms with Crippen LogP contribution in [0.1, 0.15) is 32.5 Å². The number of benzene rings is 1. The van der Waals surface area contributed by atoms with Crippen LogP contribution in [-0.4, -0.2) is 54.4 Å². The van der Waals surface area contributed by atoms with Gasteiger partial charge in [0.25, 0.3) is 0 Å². The van der Waals surface area contributed by atoms with E-state index in [9.17, 15) is 4.79 Å². The summed E-state index contributed by atoms with van der Waals surface area (Å²) in [4.78, 5) is 31.3. The Hall–Kier alpha value is -3.43. The average molecular weight is 493 g/mol. The molecule has 1 aliphatic rings. The van der Waals surface area contributed by atoms with Crippen LogP contribution in [0.15, 0.2) is 49.1 Å². The summed E-state index contributed by atoms with van der Waals surface area (Å²) in [6.45, 7) is 5.12. The molecule has 10 heteroatoms. The molecule has 1 aromatic carbocycles. The van der Waals surface area contributed by atoms with Crippen LogP contribution in [0.25, 0.3) is 22.2 Å². The van der Waals surface area contributed by atoms with Crippen molar-refractivity contribution < 1.29 is 4.79 Å². The van der Waals surface area contributed by atoms with Gasteiger partial charge in [-0.15, -0.1) is 0 Å². The fourth-order valence-corrected chi connectivity index (χ4v) is 5.19. The first-order valence-electron chi connectivity index (χ1n) is 11.7. The molecule has 0 saturated carbocycles. The highest BCUT2D eigenvalue weighted by molar-refractivity contribution is 6.33. The summed E-state index contributed by atoms with van der Waals surface area (Å²) in [5, 5.41) is 8.19. The molecule has 35 heavy (non-hydrogen) atoms. The molecule has 1 atom stereocenters. The van der Waals surface area contributed by atoms with E-state index in [1.54, 1.807) is 19.3 Å². The average Bonchev–Trinajstić information content (AvgIpc) is 3.47. The van der Waals surface area contributed by atoms with Crippen LogP contribution in [-0.2, 0) is 17.5 Å². The molecular formula is C25H29ClN8O. The van der Waals surface area contributed by atoms with Crippen LogP contribution in [0.4, 0.5) is 5.95 Å². The Morgan fingerprint density at radius 1 is 1.23 bits per heavy atom. The summed E-state index contributed by atoms with van der Waals surface area (Å²) in [7, 11) is 1.94. The Bertz CT molecular complexity index is 1360. The summed E-state index contributed by atoms with van der Waals surface area (Å²) in [6.07, 6.45) is 8.97. The zero-order valence-corrected chi connectivity index (χ0v) is 20.8. The topological polar surface area (TPSA) is 104 Å². The summed E-state index contributed by atoms with van der Waals surface area (Å²) in [5.41, 5.74) is 2.00. The number of nitrogens with one attached hydrogen (secondary N) is 3. The largest absolute Gasteiger partial charge is 0.360 e. The Labute approximate surface area is 208 Å². The van der Waals surface area contributed by atoms with E-state index < -0.39 is 5.66 Å². The van der Waals surface area contributed by atoms with E-state index in [1.807, 2.05) is 49.1 Å². The molecule has 1 amide bonds. The number of fused-ring (bicyclic) bond motifs is 1. The molecule has 182 valence electrons. The number of likely N-dealkylation sites (tertiary alicyclic amines) is 1. The van der Waals surface area contributed by atoms with Crippen molar-refractivity contribution in [1.29, 1.82) is 0 Å². The fraction of sp³-hybridized carbons (Fsp3) is 0.360. The monoisotopic (exact) mass is 492 g/mol. The summed E-state index contributed by atoms with van der Waals surface area (Å²) < 4.78 is 1.95. The van der Waals surface area contributed by atoms with Gasteiger partial charge in [0, 0.05) is 68.2 Å². The Morgan fingerprint density at radius 3 is 2.71 bits per heavy atom. The second-order valence-electron chi connectivity index (χ2n) is 9.16. The van der Waals surface area contributed by atoms with E-state index in [4.69, 9.17) is 16.6 Å². The molecule has 3 aromatic heterocycles. The minimum absolute atomic E-state index is 0.0878. The van der Waals surface area contributed by atoms with Gasteiger partial charge in [-0.05, 0) is 25.8 Å². The molecule has 0 radical (unpaired) electrons. The number of nitrogens with zero attached hydrogens (tertiary/aromatic N) is 5. The lowest BCUT2D eigenvalue weighted by Crippen LogP contribution is -2.59. The van der Waals surface area contributed by atoms with Gasteiger partial charge >= 0.3 is 0 Å². The molecule has 0 bridgehead atoms. The van der Waals surface area contributed by atoms with E-state index >= 15 is 0 Å². The number of hydrogen-bond acceptors (Lipinski definition) is 6. The van der Waals surface area contributed by atoms with Crippen molar-refractivity contribution in [3.8, 4) is 11.3 Å². The Morgan fingerprint density at radius 2 is 2.00 bits per heavy atom. The fourth-order valence-electron chi connectivity index (χ4n) is 5.00. The Balaban J connectivity index is 1.31. The number of imidazole rings is 1. The molecule has 3 N–H and O–H groups in total. The minimum Gasteiger partial charge on any atom is -0.360 e. The quantitative estimate of drug-likeness (QED) is 0.377. The molecule has 4 heterocycles. The summed E-state index contributed by atoms with van der Waals surface area (Å²) in [6, 6.07) is 8.28. The van der Waals surface area contributed by atoms with Gasteiger partial charge in [0.2, 0.25) is 11.9 Å². The van der Waals surface area contributed by atoms with E-state index in [-0.39, 0.29) is 11.9 Å². The van der Waals surface area contributed by atoms with E-state index in [0.717, 1.165) is 48.2 Å². The van der Waals surface area contributed by atoms with Crippen LogP contribution < -0.4 is 10.6 Å². The maximum absolute atomic E-state index is 12.0. The lowest BCUT2D eigenvalue weighted by Gasteiger charge is -2.44. The van der Waals surface area contributed by atoms with Crippen LogP contribution >= 0.6 is 11.6 Å². The molecule has 1 aliphatic heterocycles. The number of anilines is 1. The first-order valence-corrected chi connectivity index (χ1v) is 12.1. The summed E-state index contributed by atoms with van der Waals surface area (Å²) in [5.74, 6) is 1.28. The molecule has 9 nitrogen and oxygen atoms in total. The number of carbonyl (C=O) groups excluding carboxylic acids is 1. The number of rotatable bonds is 6. The van der Waals surface area contributed by atoms with Gasteiger partial charge in [-0.1, -0.05) is 29.8 Å². The highest BCUT2D eigenvalue weighted by atomic mass is 35.5. The zero-order chi connectivity index (χ0) is 24.6. The SMILES string of the molecule is CC(=O)NC(C)(c1nccn1C)N1CCC(Nc2ncc(Cl)c(-c3c[nH]c4ccccc34)n2)CC1. The lowest BCUT2D eigenvalue weighted by molar-refractivity contribution is -0.124. The van der Waals surface area contributed by atoms with E-state index in [0.29, 0.717) is 16.7 Å². The number of para-hydroxylation sites is 1. The van der Waals surface area contributed by atoms with Crippen molar-refractivity contribution >= 4 is 34.4 Å². The zero-order valence-electron chi connectivity index (χ0n) is 20.0. The van der Waals surface area contributed by atoms with Crippen molar-refractivity contribution in [2.24, 2.45) is 7.05 Å². The van der Waals surface area contributed by atoms with Crippen molar-refractivity contribution in [2.75, 3.05) is 18.4 Å². The van der Waals surface area contributed by atoms with E-state index in [1.165, 1.54) is 0 Å². The van der Waals surface area contributed by atoms with Gasteiger partial charge in [-0.25, -0.2) is 15.0 Å². The van der Waals surface area contributed by atoms with Crippen LogP contribution in [0.5, 0.6) is 0 Å². The predicted octanol–water partition coefficient (Wildman–Crippen LogP) is 3.90. The number of H-pyrrole nitrogens is 1. The molecule has 5 rings (SSSR count). The molecule has 1 fully saturated rings. The highest BCUT2D eigenvalue weighted by Crippen LogP contribution is 2.33. The molecule has 1 saturated heterocycles. The van der Waals surface area contributed by atoms with Gasteiger partial charge in [0.15, 0.2) is 0 Å². The normalized spacial score (nSPS) is 16.8. The molecule has 0 aliphatic carbocycles. The third kappa shape index (κ3) is 4.49. The van der Waals surface area contributed by atoms with Crippen LogP contribution in [0, 0.1) is 0 Å².